The fourth-order valence-corrected chi connectivity index (χ4v) is 1.71. The minimum absolute atomic E-state index is 0.331. The Balaban J connectivity index is 3.07. The van der Waals surface area contributed by atoms with E-state index in [2.05, 4.69) is 19.2 Å². The van der Waals surface area contributed by atoms with Crippen LogP contribution in [0.2, 0.25) is 0 Å². The fourth-order valence-electron chi connectivity index (χ4n) is 1.71. The molecule has 0 fully saturated rings. The first-order chi connectivity index (χ1) is 7.31. The summed E-state index contributed by atoms with van der Waals surface area (Å²) in [5.41, 5.74) is 2.62. The summed E-state index contributed by atoms with van der Waals surface area (Å²) in [6, 6.07) is 0. The SMILES string of the molecule is C=C=CC(O)CCCCCCCCCC. The van der Waals surface area contributed by atoms with Crippen molar-refractivity contribution >= 4 is 0 Å². The molecular weight excluding hydrogens is 184 g/mol. The molecule has 0 saturated carbocycles. The highest BCUT2D eigenvalue weighted by molar-refractivity contribution is 4.83. The third-order valence-electron chi connectivity index (χ3n) is 2.66. The first kappa shape index (κ1) is 14.5. The zero-order chi connectivity index (χ0) is 11.4. The number of aliphatic hydroxyl groups excluding tert-OH is 1. The maximum absolute atomic E-state index is 9.36. The van der Waals surface area contributed by atoms with E-state index in [-0.39, 0.29) is 6.10 Å². The summed E-state index contributed by atoms with van der Waals surface area (Å²) in [7, 11) is 0. The molecule has 0 aromatic heterocycles. The Bertz CT molecular complexity index is 168. The molecule has 1 atom stereocenters. The molecule has 0 bridgehead atoms. The van der Waals surface area contributed by atoms with E-state index in [1.165, 1.54) is 44.9 Å². The molecule has 0 spiro atoms. The van der Waals surface area contributed by atoms with E-state index in [1.54, 1.807) is 6.08 Å². The lowest BCUT2D eigenvalue weighted by molar-refractivity contribution is 0.208. The minimum Gasteiger partial charge on any atom is -0.388 e. The maximum atomic E-state index is 9.36. The molecule has 1 heteroatoms. The molecule has 0 aliphatic heterocycles. The third-order valence-corrected chi connectivity index (χ3v) is 2.66. The Morgan fingerprint density at radius 3 is 2.13 bits per heavy atom. The van der Waals surface area contributed by atoms with Gasteiger partial charge in [0.15, 0.2) is 0 Å². The summed E-state index contributed by atoms with van der Waals surface area (Å²) >= 11 is 0. The van der Waals surface area contributed by atoms with E-state index in [4.69, 9.17) is 0 Å². The predicted molar refractivity (Wildman–Crippen MR) is 66.9 cm³/mol. The van der Waals surface area contributed by atoms with Crippen LogP contribution in [-0.4, -0.2) is 11.2 Å². The van der Waals surface area contributed by atoms with Crippen LogP contribution in [0, 0.1) is 0 Å². The second-order valence-corrected chi connectivity index (χ2v) is 4.20. The Hall–Kier alpha value is -0.520. The van der Waals surface area contributed by atoms with Crippen LogP contribution < -0.4 is 0 Å². The van der Waals surface area contributed by atoms with Gasteiger partial charge in [-0.3, -0.25) is 0 Å². The molecule has 1 unspecified atom stereocenters. The largest absolute Gasteiger partial charge is 0.388 e. The van der Waals surface area contributed by atoms with Gasteiger partial charge in [-0.2, -0.15) is 0 Å². The average Bonchev–Trinajstić information content (AvgIpc) is 2.22. The van der Waals surface area contributed by atoms with Crippen LogP contribution in [0.3, 0.4) is 0 Å². The fraction of sp³-hybridized carbons (Fsp3) is 0.786. The van der Waals surface area contributed by atoms with E-state index in [0.29, 0.717) is 0 Å². The van der Waals surface area contributed by atoms with Gasteiger partial charge in [0.25, 0.3) is 0 Å². The minimum atomic E-state index is -0.331. The van der Waals surface area contributed by atoms with E-state index in [9.17, 15) is 5.11 Å². The van der Waals surface area contributed by atoms with Gasteiger partial charge in [0, 0.05) is 0 Å². The van der Waals surface area contributed by atoms with Crippen molar-refractivity contribution < 1.29 is 5.11 Å². The van der Waals surface area contributed by atoms with E-state index in [0.717, 1.165) is 12.8 Å². The molecule has 15 heavy (non-hydrogen) atoms. The third kappa shape index (κ3) is 11.4. The summed E-state index contributed by atoms with van der Waals surface area (Å²) in [5, 5.41) is 9.36. The molecule has 0 saturated heterocycles. The first-order valence-electron chi connectivity index (χ1n) is 6.35. The Labute approximate surface area is 94.9 Å². The van der Waals surface area contributed by atoms with Crippen LogP contribution in [0.4, 0.5) is 0 Å². The van der Waals surface area contributed by atoms with Crippen molar-refractivity contribution in [2.45, 2.75) is 70.8 Å². The highest BCUT2D eigenvalue weighted by atomic mass is 16.3. The zero-order valence-electron chi connectivity index (χ0n) is 10.2. The Kier molecular flexibility index (Phi) is 11.2. The van der Waals surface area contributed by atoms with Crippen LogP contribution in [0.5, 0.6) is 0 Å². The first-order valence-corrected chi connectivity index (χ1v) is 6.35. The van der Waals surface area contributed by atoms with Crippen molar-refractivity contribution in [2.24, 2.45) is 0 Å². The van der Waals surface area contributed by atoms with Gasteiger partial charge in [-0.25, -0.2) is 0 Å². The van der Waals surface area contributed by atoms with Gasteiger partial charge in [-0.1, -0.05) is 64.9 Å². The van der Waals surface area contributed by atoms with E-state index >= 15 is 0 Å². The van der Waals surface area contributed by atoms with Gasteiger partial charge in [-0.05, 0) is 12.5 Å². The summed E-state index contributed by atoms with van der Waals surface area (Å²) < 4.78 is 0. The quantitative estimate of drug-likeness (QED) is 0.423. The number of hydrogen-bond acceptors (Lipinski definition) is 1. The molecule has 0 radical (unpaired) electrons. The lowest BCUT2D eigenvalue weighted by Gasteiger charge is -2.04. The maximum Gasteiger partial charge on any atom is 0.0794 e. The molecule has 0 heterocycles. The second kappa shape index (κ2) is 11.6. The highest BCUT2D eigenvalue weighted by Crippen LogP contribution is 2.10. The summed E-state index contributed by atoms with van der Waals surface area (Å²) in [4.78, 5) is 0. The number of rotatable bonds is 10. The molecule has 1 N–H and O–H groups in total. The van der Waals surface area contributed by atoms with Gasteiger partial charge in [0.1, 0.15) is 0 Å². The highest BCUT2D eigenvalue weighted by Gasteiger charge is 1.97. The smallest absolute Gasteiger partial charge is 0.0794 e. The van der Waals surface area contributed by atoms with Crippen LogP contribution in [-0.2, 0) is 0 Å². The van der Waals surface area contributed by atoms with E-state index in [1.807, 2.05) is 0 Å². The average molecular weight is 210 g/mol. The van der Waals surface area contributed by atoms with Gasteiger partial charge in [0.05, 0.1) is 6.10 Å². The van der Waals surface area contributed by atoms with Crippen LogP contribution >= 0.6 is 0 Å². The van der Waals surface area contributed by atoms with Crippen molar-refractivity contribution in [2.75, 3.05) is 0 Å². The van der Waals surface area contributed by atoms with Gasteiger partial charge in [-0.15, -0.1) is 5.73 Å². The summed E-state index contributed by atoms with van der Waals surface area (Å²) in [5.74, 6) is 0. The molecular formula is C14H26O. The second-order valence-electron chi connectivity index (χ2n) is 4.20. The number of unbranched alkanes of at least 4 members (excludes halogenated alkanes) is 7. The molecule has 0 aliphatic rings. The normalized spacial score (nSPS) is 12.1. The number of aliphatic hydroxyl groups is 1. The van der Waals surface area contributed by atoms with Crippen molar-refractivity contribution in [1.29, 1.82) is 0 Å². The van der Waals surface area contributed by atoms with E-state index < -0.39 is 0 Å². The van der Waals surface area contributed by atoms with Crippen LogP contribution in [0.15, 0.2) is 18.4 Å². The van der Waals surface area contributed by atoms with Crippen LogP contribution in [0.1, 0.15) is 64.7 Å². The van der Waals surface area contributed by atoms with Crippen molar-refractivity contribution in [1.82, 2.24) is 0 Å². The topological polar surface area (TPSA) is 20.2 Å². The van der Waals surface area contributed by atoms with Gasteiger partial charge < -0.3 is 5.11 Å². The molecule has 0 aromatic carbocycles. The lowest BCUT2D eigenvalue weighted by atomic mass is 10.1. The standard InChI is InChI=1S/C14H26O/c1-3-5-6-7-8-9-10-11-13-14(15)12-4-2/h12,14-15H,2-3,5-11,13H2,1H3. The molecule has 0 aliphatic carbocycles. The molecule has 88 valence electrons. The summed E-state index contributed by atoms with van der Waals surface area (Å²) in [6.45, 7) is 5.69. The number of hydrogen-bond donors (Lipinski definition) is 1. The van der Waals surface area contributed by atoms with Crippen molar-refractivity contribution in [3.63, 3.8) is 0 Å². The van der Waals surface area contributed by atoms with Gasteiger partial charge >= 0.3 is 0 Å². The van der Waals surface area contributed by atoms with Gasteiger partial charge in [0.2, 0.25) is 0 Å². The molecule has 0 rings (SSSR count). The van der Waals surface area contributed by atoms with Crippen molar-refractivity contribution in [3.05, 3.63) is 18.4 Å². The monoisotopic (exact) mass is 210 g/mol. The van der Waals surface area contributed by atoms with Crippen LogP contribution in [0.25, 0.3) is 0 Å². The van der Waals surface area contributed by atoms with Crippen molar-refractivity contribution in [3.8, 4) is 0 Å². The zero-order valence-corrected chi connectivity index (χ0v) is 10.2. The molecule has 0 amide bonds. The predicted octanol–water partition coefficient (Wildman–Crippen LogP) is 4.22. The Morgan fingerprint density at radius 2 is 1.60 bits per heavy atom. The molecule has 1 nitrogen and oxygen atoms in total. The Morgan fingerprint density at radius 1 is 1.07 bits per heavy atom. The lowest BCUT2D eigenvalue weighted by Crippen LogP contribution is -2.00. The summed E-state index contributed by atoms with van der Waals surface area (Å²) in [6.07, 6.45) is 12.7. The molecule has 0 aromatic rings.